The number of carbonyl (C=O) groups excluding carboxylic acids is 2. The van der Waals surface area contributed by atoms with Crippen LogP contribution in [0, 0.1) is 5.82 Å². The number of aryl methyl sites for hydroxylation is 1. The van der Waals surface area contributed by atoms with Crippen LogP contribution in [0.2, 0.25) is 5.02 Å². The number of nitrogens with zero attached hydrogens (tertiary/aromatic N) is 1. The Morgan fingerprint density at radius 3 is 2.73 bits per heavy atom. The normalized spacial score (nSPS) is 20.4. The zero-order valence-corrected chi connectivity index (χ0v) is 15.6. The van der Waals surface area contributed by atoms with E-state index in [-0.39, 0.29) is 36.4 Å². The minimum absolute atomic E-state index is 0.0525. The minimum Gasteiger partial charge on any atom is -0.328 e. The summed E-state index contributed by atoms with van der Waals surface area (Å²) in [4.78, 5) is 25.6. The van der Waals surface area contributed by atoms with Gasteiger partial charge >= 0.3 is 0 Å². The molecule has 1 amide bonds. The minimum atomic E-state index is -3.59. The first kappa shape index (κ1) is 20.7. The number of ketones is 1. The summed E-state index contributed by atoms with van der Waals surface area (Å²) in [6, 6.07) is 3.47. The van der Waals surface area contributed by atoms with Crippen molar-refractivity contribution in [3.8, 4) is 0 Å². The van der Waals surface area contributed by atoms with Gasteiger partial charge in [-0.1, -0.05) is 23.7 Å². The first-order valence-corrected chi connectivity index (χ1v) is 10.2. The maximum atomic E-state index is 13.9. The maximum Gasteiger partial charge on any atom is 0.238 e. The molecule has 2 atom stereocenters. The molecular formula is C16H19ClF2N2O4S. The molecule has 1 N–H and O–H groups in total. The van der Waals surface area contributed by atoms with Gasteiger partial charge in [0.1, 0.15) is 12.0 Å². The Hall–Kier alpha value is -1.58. The Kier molecular flexibility index (Phi) is 6.70. The number of benzene rings is 1. The summed E-state index contributed by atoms with van der Waals surface area (Å²) in [6.07, 6.45) is -0.638. The van der Waals surface area contributed by atoms with Gasteiger partial charge in [0.15, 0.2) is 5.78 Å². The average molecular weight is 409 g/mol. The number of halogens is 3. The number of nitrogens with one attached hydrogen (secondary N) is 1. The second kappa shape index (κ2) is 8.41. The lowest BCUT2D eigenvalue weighted by molar-refractivity contribution is -0.136. The van der Waals surface area contributed by atoms with Crippen LogP contribution >= 0.6 is 11.6 Å². The van der Waals surface area contributed by atoms with Crippen LogP contribution in [0.1, 0.15) is 18.4 Å². The van der Waals surface area contributed by atoms with Crippen LogP contribution in [0.15, 0.2) is 18.2 Å². The van der Waals surface area contributed by atoms with E-state index in [0.717, 1.165) is 11.2 Å². The van der Waals surface area contributed by atoms with Gasteiger partial charge in [0.25, 0.3) is 0 Å². The Balaban J connectivity index is 2.01. The Labute approximate surface area is 155 Å². The molecule has 1 unspecified atom stereocenters. The second-order valence-corrected chi connectivity index (χ2v) is 8.41. The van der Waals surface area contributed by atoms with Crippen LogP contribution in [0.5, 0.6) is 0 Å². The zero-order valence-electron chi connectivity index (χ0n) is 14.0. The van der Waals surface area contributed by atoms with E-state index < -0.39 is 46.3 Å². The van der Waals surface area contributed by atoms with Gasteiger partial charge in [-0.2, -0.15) is 0 Å². The standard InChI is InChI=1S/C16H19ClF2N2O4S/c1-26(24,25)20-8-15(23)21-9-11(18)7-13(21)14(22)6-5-10-3-2-4-12(17)16(10)19/h2-4,11,13,20H,5-9H2,1H3/t11-,13?/m1/s1. The number of sulfonamides is 1. The zero-order chi connectivity index (χ0) is 19.5. The summed E-state index contributed by atoms with van der Waals surface area (Å²) in [7, 11) is -3.59. The highest BCUT2D eigenvalue weighted by molar-refractivity contribution is 7.88. The quantitative estimate of drug-likeness (QED) is 0.740. The molecule has 0 aliphatic carbocycles. The lowest BCUT2D eigenvalue weighted by Gasteiger charge is -2.23. The number of carbonyl (C=O) groups is 2. The van der Waals surface area contributed by atoms with Crippen molar-refractivity contribution in [2.45, 2.75) is 31.5 Å². The summed E-state index contributed by atoms with van der Waals surface area (Å²) >= 11 is 5.69. The van der Waals surface area contributed by atoms with Gasteiger partial charge in [-0.3, -0.25) is 9.59 Å². The number of likely N-dealkylation sites (tertiary alicyclic amines) is 1. The molecule has 1 saturated heterocycles. The van der Waals surface area contributed by atoms with Gasteiger partial charge in [-0.15, -0.1) is 0 Å². The van der Waals surface area contributed by atoms with Gasteiger partial charge in [0.05, 0.1) is 30.4 Å². The van der Waals surface area contributed by atoms with Gasteiger partial charge < -0.3 is 4.90 Å². The molecule has 0 saturated carbocycles. The summed E-state index contributed by atoms with van der Waals surface area (Å²) in [6.45, 7) is -0.815. The predicted molar refractivity (Wildman–Crippen MR) is 92.6 cm³/mol. The van der Waals surface area contributed by atoms with E-state index in [9.17, 15) is 26.8 Å². The lowest BCUT2D eigenvalue weighted by atomic mass is 10.0. The van der Waals surface area contributed by atoms with Crippen molar-refractivity contribution in [2.24, 2.45) is 0 Å². The fraction of sp³-hybridized carbons (Fsp3) is 0.500. The molecule has 1 aromatic rings. The molecule has 0 bridgehead atoms. The van der Waals surface area contributed by atoms with Crippen molar-refractivity contribution in [1.82, 2.24) is 9.62 Å². The fourth-order valence-corrected chi connectivity index (χ4v) is 3.41. The van der Waals surface area contributed by atoms with E-state index in [2.05, 4.69) is 0 Å². The average Bonchev–Trinajstić information content (AvgIpc) is 2.95. The monoisotopic (exact) mass is 408 g/mol. The lowest BCUT2D eigenvalue weighted by Crippen LogP contribution is -2.45. The van der Waals surface area contributed by atoms with Crippen molar-refractivity contribution < 1.29 is 26.8 Å². The van der Waals surface area contributed by atoms with E-state index in [1.807, 2.05) is 4.72 Å². The van der Waals surface area contributed by atoms with Gasteiger partial charge in [-0.05, 0) is 18.1 Å². The first-order chi connectivity index (χ1) is 12.1. The molecule has 144 valence electrons. The van der Waals surface area contributed by atoms with Crippen LogP contribution in [-0.4, -0.2) is 56.6 Å². The molecule has 2 rings (SSSR count). The summed E-state index contributed by atoms with van der Waals surface area (Å²) < 4.78 is 51.8. The van der Waals surface area contributed by atoms with Crippen molar-refractivity contribution >= 4 is 33.3 Å². The third-order valence-electron chi connectivity index (χ3n) is 4.10. The second-order valence-electron chi connectivity index (χ2n) is 6.17. The topological polar surface area (TPSA) is 83.6 Å². The molecule has 6 nitrogen and oxygen atoms in total. The molecule has 0 aromatic heterocycles. The molecule has 0 spiro atoms. The maximum absolute atomic E-state index is 13.9. The van der Waals surface area contributed by atoms with E-state index in [4.69, 9.17) is 11.6 Å². The molecule has 1 aliphatic heterocycles. The van der Waals surface area contributed by atoms with Gasteiger partial charge in [0.2, 0.25) is 15.9 Å². The van der Waals surface area contributed by atoms with Crippen molar-refractivity contribution in [3.05, 3.63) is 34.6 Å². The number of hydrogen-bond acceptors (Lipinski definition) is 4. The molecular weight excluding hydrogens is 390 g/mol. The van der Waals surface area contributed by atoms with E-state index >= 15 is 0 Å². The summed E-state index contributed by atoms with van der Waals surface area (Å²) in [5.41, 5.74) is 0.261. The summed E-state index contributed by atoms with van der Waals surface area (Å²) in [5.74, 6) is -1.69. The number of hydrogen-bond donors (Lipinski definition) is 1. The highest BCUT2D eigenvalue weighted by atomic mass is 35.5. The molecule has 10 heteroatoms. The van der Waals surface area contributed by atoms with Crippen LogP contribution in [0.4, 0.5) is 8.78 Å². The third kappa shape index (κ3) is 5.46. The van der Waals surface area contributed by atoms with Crippen molar-refractivity contribution in [2.75, 3.05) is 19.3 Å². The predicted octanol–water partition coefficient (Wildman–Crippen LogP) is 1.47. The Morgan fingerprint density at radius 2 is 2.08 bits per heavy atom. The molecule has 1 fully saturated rings. The van der Waals surface area contributed by atoms with E-state index in [1.165, 1.54) is 12.1 Å². The molecule has 0 radical (unpaired) electrons. The number of amides is 1. The highest BCUT2D eigenvalue weighted by Gasteiger charge is 2.39. The van der Waals surface area contributed by atoms with Crippen LogP contribution < -0.4 is 4.72 Å². The molecule has 1 aromatic carbocycles. The smallest absolute Gasteiger partial charge is 0.238 e. The van der Waals surface area contributed by atoms with Crippen LogP contribution in [0.25, 0.3) is 0 Å². The molecule has 1 heterocycles. The Bertz CT molecular complexity index is 803. The molecule has 26 heavy (non-hydrogen) atoms. The van der Waals surface area contributed by atoms with Crippen molar-refractivity contribution in [1.29, 1.82) is 0 Å². The number of rotatable bonds is 7. The van der Waals surface area contributed by atoms with E-state index in [1.54, 1.807) is 6.07 Å². The SMILES string of the molecule is CS(=O)(=O)NCC(=O)N1C[C@H](F)CC1C(=O)CCc1cccc(Cl)c1F. The first-order valence-electron chi connectivity index (χ1n) is 7.92. The third-order valence-corrected chi connectivity index (χ3v) is 5.06. The Morgan fingerprint density at radius 1 is 1.38 bits per heavy atom. The summed E-state index contributed by atoms with van der Waals surface area (Å²) in [5, 5.41) is -0.0525. The fourth-order valence-electron chi connectivity index (χ4n) is 2.83. The van der Waals surface area contributed by atoms with Crippen LogP contribution in [0.3, 0.4) is 0 Å². The van der Waals surface area contributed by atoms with Crippen LogP contribution in [-0.2, 0) is 26.0 Å². The number of alkyl halides is 1. The number of Topliss-reactive ketones (excluding diaryl/α,β-unsaturated/α-hetero) is 1. The van der Waals surface area contributed by atoms with E-state index in [0.29, 0.717) is 0 Å². The molecule has 1 aliphatic rings. The van der Waals surface area contributed by atoms with Crippen molar-refractivity contribution in [3.63, 3.8) is 0 Å². The largest absolute Gasteiger partial charge is 0.328 e. The van der Waals surface area contributed by atoms with Gasteiger partial charge in [0, 0.05) is 12.8 Å². The highest BCUT2D eigenvalue weighted by Crippen LogP contribution is 2.24. The van der Waals surface area contributed by atoms with Gasteiger partial charge in [-0.25, -0.2) is 21.9 Å².